The minimum absolute atomic E-state index is 0. The van der Waals surface area contributed by atoms with Gasteiger partial charge >= 0.3 is 5.97 Å². The molecule has 33 heavy (non-hydrogen) atoms. The molecule has 0 aliphatic heterocycles. The zero-order valence-electron chi connectivity index (χ0n) is 21.4. The number of benzene rings is 3. The quantitative estimate of drug-likeness (QED) is 0.291. The maximum atomic E-state index is 11.4. The molecule has 0 unspecified atom stereocenters. The molecule has 3 aromatic rings. The highest BCUT2D eigenvalue weighted by molar-refractivity contribution is 5.70. The number of esters is 1. The SMILES string of the molecule is COc1ccc(C(C)(C)c2cc(C)cc(C(C)(C)c3ccc(OC(C)=O)c(C)c3)c2)cc1C.[2HH]. The molecule has 3 aromatic carbocycles. The molecule has 3 heteroatoms. The first-order valence-electron chi connectivity index (χ1n) is 11.4. The van der Waals surface area contributed by atoms with Crippen LogP contribution in [0.25, 0.3) is 0 Å². The first kappa shape index (κ1) is 24.6. The van der Waals surface area contributed by atoms with Crippen molar-refractivity contribution in [1.82, 2.24) is 0 Å². The van der Waals surface area contributed by atoms with Gasteiger partial charge in [0, 0.05) is 19.2 Å². The summed E-state index contributed by atoms with van der Waals surface area (Å²) in [6.07, 6.45) is 0. The van der Waals surface area contributed by atoms with E-state index in [1.54, 1.807) is 7.11 Å². The molecule has 0 radical (unpaired) electrons. The molecule has 0 fully saturated rings. The highest BCUT2D eigenvalue weighted by Crippen LogP contribution is 2.39. The van der Waals surface area contributed by atoms with Crippen molar-refractivity contribution in [3.63, 3.8) is 0 Å². The van der Waals surface area contributed by atoms with Gasteiger partial charge in [-0.2, -0.15) is 0 Å². The van der Waals surface area contributed by atoms with Crippen LogP contribution in [0.4, 0.5) is 0 Å². The lowest BCUT2D eigenvalue weighted by atomic mass is 9.72. The Bertz CT molecular complexity index is 1190. The molecule has 0 amide bonds. The number of methoxy groups -OCH3 is 1. The first-order chi connectivity index (χ1) is 15.4. The van der Waals surface area contributed by atoms with Crippen LogP contribution in [-0.4, -0.2) is 13.1 Å². The molecule has 0 saturated heterocycles. The van der Waals surface area contributed by atoms with Gasteiger partial charge in [-0.15, -0.1) is 0 Å². The van der Waals surface area contributed by atoms with Gasteiger partial charge in [0.25, 0.3) is 0 Å². The second kappa shape index (κ2) is 9.05. The van der Waals surface area contributed by atoms with Gasteiger partial charge < -0.3 is 9.47 Å². The van der Waals surface area contributed by atoms with Crippen molar-refractivity contribution < 1.29 is 15.7 Å². The normalized spacial score (nSPS) is 11.9. The van der Waals surface area contributed by atoms with Crippen LogP contribution in [0.5, 0.6) is 11.5 Å². The van der Waals surface area contributed by atoms with Crippen molar-refractivity contribution in [2.45, 2.75) is 66.2 Å². The average Bonchev–Trinajstić information content (AvgIpc) is 2.74. The molecule has 0 spiro atoms. The van der Waals surface area contributed by atoms with Gasteiger partial charge in [-0.25, -0.2) is 0 Å². The minimum Gasteiger partial charge on any atom is -0.496 e. The van der Waals surface area contributed by atoms with E-state index in [9.17, 15) is 4.79 Å². The van der Waals surface area contributed by atoms with Gasteiger partial charge in [0.2, 0.25) is 0 Å². The molecule has 0 N–H and O–H groups in total. The second-order valence-electron chi connectivity index (χ2n) is 10.1. The minimum atomic E-state index is -0.301. The molecule has 0 bridgehead atoms. The highest BCUT2D eigenvalue weighted by atomic mass is 16.5. The number of rotatable bonds is 6. The van der Waals surface area contributed by atoms with Crippen LogP contribution in [0.3, 0.4) is 0 Å². The van der Waals surface area contributed by atoms with E-state index in [0.29, 0.717) is 5.75 Å². The Kier molecular flexibility index (Phi) is 6.74. The largest absolute Gasteiger partial charge is 0.496 e. The van der Waals surface area contributed by atoms with E-state index in [1.807, 2.05) is 13.0 Å². The molecule has 3 nitrogen and oxygen atoms in total. The number of ether oxygens (including phenoxy) is 2. The molecule has 0 aliphatic carbocycles. The van der Waals surface area contributed by atoms with Crippen LogP contribution < -0.4 is 9.47 Å². The Morgan fingerprint density at radius 3 is 1.55 bits per heavy atom. The summed E-state index contributed by atoms with van der Waals surface area (Å²) < 4.78 is 10.8. The fourth-order valence-electron chi connectivity index (χ4n) is 4.41. The van der Waals surface area contributed by atoms with Crippen LogP contribution >= 0.6 is 0 Å². The smallest absolute Gasteiger partial charge is 0.308 e. The summed E-state index contributed by atoms with van der Waals surface area (Å²) in [6.45, 7) is 16.7. The van der Waals surface area contributed by atoms with E-state index >= 15 is 0 Å². The van der Waals surface area contributed by atoms with Crippen LogP contribution in [0.15, 0.2) is 54.6 Å². The van der Waals surface area contributed by atoms with Crippen molar-refractivity contribution in [2.24, 2.45) is 0 Å². The number of carbonyl (C=O) groups is 1. The Hall–Kier alpha value is -3.07. The van der Waals surface area contributed by atoms with E-state index in [2.05, 4.69) is 90.1 Å². The summed E-state index contributed by atoms with van der Waals surface area (Å²) in [5, 5.41) is 0. The predicted molar refractivity (Wildman–Crippen MR) is 138 cm³/mol. The van der Waals surface area contributed by atoms with E-state index in [4.69, 9.17) is 9.47 Å². The Morgan fingerprint density at radius 1 is 0.697 bits per heavy atom. The lowest BCUT2D eigenvalue weighted by molar-refractivity contribution is -0.131. The third-order valence-electron chi connectivity index (χ3n) is 6.79. The topological polar surface area (TPSA) is 35.5 Å². The van der Waals surface area contributed by atoms with Gasteiger partial charge in [0.1, 0.15) is 11.5 Å². The van der Waals surface area contributed by atoms with Gasteiger partial charge in [0.05, 0.1) is 7.11 Å². The van der Waals surface area contributed by atoms with E-state index in [0.717, 1.165) is 16.9 Å². The number of hydrogen-bond acceptors (Lipinski definition) is 3. The average molecular weight is 448 g/mol. The zero-order valence-corrected chi connectivity index (χ0v) is 21.4. The summed E-state index contributed by atoms with van der Waals surface area (Å²) in [5.41, 5.74) is 7.94. The lowest BCUT2D eigenvalue weighted by Gasteiger charge is -2.32. The fraction of sp³-hybridized carbons (Fsp3) is 0.367. The maximum absolute atomic E-state index is 11.4. The summed E-state index contributed by atoms with van der Waals surface area (Å²) in [6, 6.07) is 19.4. The van der Waals surface area contributed by atoms with Crippen molar-refractivity contribution in [3.05, 3.63) is 93.5 Å². The van der Waals surface area contributed by atoms with E-state index < -0.39 is 0 Å². The van der Waals surface area contributed by atoms with Gasteiger partial charge in [0.15, 0.2) is 0 Å². The number of hydrogen-bond donors (Lipinski definition) is 0. The lowest BCUT2D eigenvalue weighted by Crippen LogP contribution is -2.23. The van der Waals surface area contributed by atoms with Crippen molar-refractivity contribution >= 4 is 5.97 Å². The Balaban J connectivity index is 0.00000408. The summed E-state index contributed by atoms with van der Waals surface area (Å²) in [5.74, 6) is 1.22. The third kappa shape index (κ3) is 4.98. The summed E-state index contributed by atoms with van der Waals surface area (Å²) in [7, 11) is 1.71. The zero-order chi connectivity index (χ0) is 24.6. The van der Waals surface area contributed by atoms with E-state index in [1.165, 1.54) is 34.7 Å². The number of aryl methyl sites for hydroxylation is 3. The second-order valence-corrected chi connectivity index (χ2v) is 10.1. The molecule has 0 saturated carbocycles. The third-order valence-corrected chi connectivity index (χ3v) is 6.79. The molecule has 3 rings (SSSR count). The van der Waals surface area contributed by atoms with Gasteiger partial charge in [-0.05, 0) is 66.3 Å². The predicted octanol–water partition coefficient (Wildman–Crippen LogP) is 7.44. The fourth-order valence-corrected chi connectivity index (χ4v) is 4.41. The van der Waals surface area contributed by atoms with E-state index in [-0.39, 0.29) is 18.2 Å². The molecule has 176 valence electrons. The molecule has 0 atom stereocenters. The van der Waals surface area contributed by atoms with Crippen LogP contribution in [0.2, 0.25) is 0 Å². The standard InChI is InChI=1S/C30H36O3.H2/c1-19-14-25(29(5,6)23-10-12-27(32-9)20(2)16-23)18-26(15-19)30(7,8)24-11-13-28(21(3)17-24)33-22(4)31;/h10-18H,1-9H3;1H/i;1+1. The van der Waals surface area contributed by atoms with Crippen LogP contribution in [0.1, 0.15) is 75.0 Å². The summed E-state index contributed by atoms with van der Waals surface area (Å²) >= 11 is 0. The Labute approximate surface area is 200 Å². The highest BCUT2D eigenvalue weighted by Gasteiger charge is 2.29. The van der Waals surface area contributed by atoms with Crippen LogP contribution in [0, 0.1) is 20.8 Å². The monoisotopic (exact) mass is 447 g/mol. The van der Waals surface area contributed by atoms with Crippen LogP contribution in [-0.2, 0) is 15.6 Å². The Morgan fingerprint density at radius 2 is 1.15 bits per heavy atom. The van der Waals surface area contributed by atoms with Crippen molar-refractivity contribution in [3.8, 4) is 11.5 Å². The first-order valence-corrected chi connectivity index (χ1v) is 11.4. The maximum Gasteiger partial charge on any atom is 0.308 e. The molecular formula is C30H38O3. The van der Waals surface area contributed by atoms with Gasteiger partial charge in [-0.1, -0.05) is 75.7 Å². The molecule has 0 heterocycles. The van der Waals surface area contributed by atoms with Gasteiger partial charge in [-0.3, -0.25) is 4.79 Å². The molecular weight excluding hydrogens is 408 g/mol. The molecule has 0 aliphatic rings. The van der Waals surface area contributed by atoms with Crippen molar-refractivity contribution in [1.29, 1.82) is 0 Å². The molecule has 0 aromatic heterocycles. The summed E-state index contributed by atoms with van der Waals surface area (Å²) in [4.78, 5) is 11.4. The number of carbonyl (C=O) groups excluding carboxylic acids is 1. The van der Waals surface area contributed by atoms with Crippen molar-refractivity contribution in [2.75, 3.05) is 7.11 Å².